The predicted molar refractivity (Wildman–Crippen MR) is 40.4 cm³/mol. The quantitative estimate of drug-likeness (QED) is 0.623. The second-order valence-corrected chi connectivity index (χ2v) is 2.51. The molecule has 0 fully saturated rings. The molecule has 0 bridgehead atoms. The fourth-order valence-corrected chi connectivity index (χ4v) is 1.03. The second kappa shape index (κ2) is 3.64. The first-order valence-electron chi connectivity index (χ1n) is 3.14. The van der Waals surface area contributed by atoms with Gasteiger partial charge in [0.25, 0.3) is 0 Å². The highest BCUT2D eigenvalue weighted by molar-refractivity contribution is 6.30. The van der Waals surface area contributed by atoms with Gasteiger partial charge in [0.15, 0.2) is 0 Å². The largest absolute Gasteiger partial charge is 0.396 e. The van der Waals surface area contributed by atoms with Gasteiger partial charge in [-0.1, -0.05) is 11.6 Å². The van der Waals surface area contributed by atoms with Crippen molar-refractivity contribution >= 4 is 11.6 Å². The van der Waals surface area contributed by atoms with Gasteiger partial charge >= 0.3 is 0 Å². The van der Waals surface area contributed by atoms with Crippen molar-refractivity contribution in [1.82, 2.24) is 5.32 Å². The Morgan fingerprint density at radius 3 is 3.20 bits per heavy atom. The van der Waals surface area contributed by atoms with Crippen LogP contribution in [0.15, 0.2) is 16.7 Å². The molecule has 0 aromatic rings. The normalized spacial score (nSPS) is 17.4. The molecular formula is C7H9ClNO. The van der Waals surface area contributed by atoms with Crippen LogP contribution >= 0.6 is 11.6 Å². The maximum Gasteiger partial charge on any atom is 0.0783 e. The highest BCUT2D eigenvalue weighted by Gasteiger charge is 2.01. The standard InChI is InChI=1S/C7H9ClNO/c8-7-3-6(1-2-10)4-9-5-7/h3,9-10H,1-2,4H2. The highest BCUT2D eigenvalue weighted by atomic mass is 35.5. The van der Waals surface area contributed by atoms with Gasteiger partial charge in [0.05, 0.1) is 11.2 Å². The lowest BCUT2D eigenvalue weighted by Crippen LogP contribution is -2.15. The van der Waals surface area contributed by atoms with E-state index in [-0.39, 0.29) is 6.61 Å². The van der Waals surface area contributed by atoms with Crippen molar-refractivity contribution in [3.8, 4) is 0 Å². The van der Waals surface area contributed by atoms with E-state index in [1.807, 2.05) is 6.08 Å². The molecule has 0 unspecified atom stereocenters. The lowest BCUT2D eigenvalue weighted by Gasteiger charge is -2.09. The van der Waals surface area contributed by atoms with Crippen molar-refractivity contribution in [2.75, 3.05) is 13.2 Å². The number of dihydropyridines is 1. The third-order valence-electron chi connectivity index (χ3n) is 1.29. The van der Waals surface area contributed by atoms with Gasteiger partial charge in [0.1, 0.15) is 0 Å². The molecular weight excluding hydrogens is 150 g/mol. The minimum atomic E-state index is 0.178. The molecule has 0 amide bonds. The molecule has 0 saturated heterocycles. The Labute approximate surface area is 65.2 Å². The highest BCUT2D eigenvalue weighted by Crippen LogP contribution is 2.11. The molecule has 1 aliphatic rings. The van der Waals surface area contributed by atoms with E-state index in [1.165, 1.54) is 0 Å². The van der Waals surface area contributed by atoms with E-state index in [4.69, 9.17) is 16.7 Å². The summed E-state index contributed by atoms with van der Waals surface area (Å²) in [7, 11) is 0. The lowest BCUT2D eigenvalue weighted by molar-refractivity contribution is 0.298. The number of halogens is 1. The number of hydrogen-bond acceptors (Lipinski definition) is 2. The minimum Gasteiger partial charge on any atom is -0.396 e. The Hall–Kier alpha value is -0.470. The number of rotatable bonds is 2. The maximum absolute atomic E-state index is 8.56. The Kier molecular flexibility index (Phi) is 2.78. The number of nitrogens with one attached hydrogen (secondary N) is 1. The molecule has 2 N–H and O–H groups in total. The van der Waals surface area contributed by atoms with Crippen LogP contribution in [0.3, 0.4) is 0 Å². The van der Waals surface area contributed by atoms with Crippen LogP contribution < -0.4 is 5.32 Å². The summed E-state index contributed by atoms with van der Waals surface area (Å²) in [5.41, 5.74) is 1.12. The first-order chi connectivity index (χ1) is 4.83. The average Bonchev–Trinajstić information content (AvgIpc) is 1.88. The first kappa shape index (κ1) is 7.63. The third kappa shape index (κ3) is 2.05. The van der Waals surface area contributed by atoms with E-state index < -0.39 is 0 Å². The summed E-state index contributed by atoms with van der Waals surface area (Å²) in [6.45, 7) is 0.925. The van der Waals surface area contributed by atoms with Crippen LogP contribution in [0.1, 0.15) is 6.42 Å². The lowest BCUT2D eigenvalue weighted by atomic mass is 10.1. The van der Waals surface area contributed by atoms with Gasteiger partial charge in [-0.15, -0.1) is 0 Å². The smallest absolute Gasteiger partial charge is 0.0783 e. The molecule has 0 aromatic carbocycles. The third-order valence-corrected chi connectivity index (χ3v) is 1.49. The van der Waals surface area contributed by atoms with Gasteiger partial charge < -0.3 is 10.4 Å². The molecule has 1 aliphatic heterocycles. The number of allylic oxidation sites excluding steroid dienone is 2. The van der Waals surface area contributed by atoms with Gasteiger partial charge in [-0.25, -0.2) is 0 Å². The molecule has 2 nitrogen and oxygen atoms in total. The van der Waals surface area contributed by atoms with Crippen LogP contribution in [0.5, 0.6) is 0 Å². The summed E-state index contributed by atoms with van der Waals surface area (Å²) in [5.74, 6) is 0. The van der Waals surface area contributed by atoms with Crippen molar-refractivity contribution in [2.24, 2.45) is 0 Å². The zero-order chi connectivity index (χ0) is 7.40. The summed E-state index contributed by atoms with van der Waals surface area (Å²) < 4.78 is 0. The topological polar surface area (TPSA) is 32.3 Å². The van der Waals surface area contributed by atoms with E-state index >= 15 is 0 Å². The van der Waals surface area contributed by atoms with E-state index in [0.717, 1.165) is 12.1 Å². The van der Waals surface area contributed by atoms with Crippen molar-refractivity contribution in [3.63, 3.8) is 0 Å². The summed E-state index contributed by atoms with van der Waals surface area (Å²) in [6, 6.07) is 0. The molecule has 0 atom stereocenters. The van der Waals surface area contributed by atoms with Gasteiger partial charge in [-0.3, -0.25) is 0 Å². The second-order valence-electron chi connectivity index (χ2n) is 2.10. The molecule has 1 rings (SSSR count). The zero-order valence-corrected chi connectivity index (χ0v) is 6.28. The van der Waals surface area contributed by atoms with Gasteiger partial charge in [-0.05, 0) is 18.1 Å². The molecule has 10 heavy (non-hydrogen) atoms. The summed E-state index contributed by atoms with van der Waals surface area (Å²) in [4.78, 5) is 0. The van der Waals surface area contributed by atoms with Crippen LogP contribution in [0, 0.1) is 6.20 Å². The van der Waals surface area contributed by atoms with Crippen LogP contribution in [0.25, 0.3) is 0 Å². The number of aliphatic hydroxyl groups is 1. The minimum absolute atomic E-state index is 0.178. The van der Waals surface area contributed by atoms with Crippen molar-refractivity contribution in [2.45, 2.75) is 6.42 Å². The van der Waals surface area contributed by atoms with Gasteiger partial charge in [-0.2, -0.15) is 0 Å². The van der Waals surface area contributed by atoms with Crippen LogP contribution in [0.4, 0.5) is 0 Å². The molecule has 1 heterocycles. The Balaban J connectivity index is 2.51. The Bertz CT molecular complexity index is 174. The predicted octanol–water partition coefficient (Wildman–Crippen LogP) is 0.782. The summed E-state index contributed by atoms with van der Waals surface area (Å²) in [6.07, 6.45) is 5.26. The molecule has 3 heteroatoms. The van der Waals surface area contributed by atoms with Crippen LogP contribution in [0.2, 0.25) is 0 Å². The Morgan fingerprint density at radius 1 is 1.80 bits per heavy atom. The maximum atomic E-state index is 8.56. The molecule has 0 aliphatic carbocycles. The fraction of sp³-hybridized carbons (Fsp3) is 0.429. The van der Waals surface area contributed by atoms with Crippen molar-refractivity contribution in [3.05, 3.63) is 22.9 Å². The molecule has 0 aromatic heterocycles. The van der Waals surface area contributed by atoms with Crippen LogP contribution in [-0.4, -0.2) is 18.3 Å². The summed E-state index contributed by atoms with van der Waals surface area (Å²) >= 11 is 5.63. The molecule has 0 saturated carbocycles. The van der Waals surface area contributed by atoms with Gasteiger partial charge in [0.2, 0.25) is 0 Å². The molecule has 1 radical (unpaired) electrons. The van der Waals surface area contributed by atoms with E-state index in [9.17, 15) is 0 Å². The zero-order valence-electron chi connectivity index (χ0n) is 5.52. The van der Waals surface area contributed by atoms with E-state index in [1.54, 1.807) is 0 Å². The van der Waals surface area contributed by atoms with Crippen molar-refractivity contribution < 1.29 is 5.11 Å². The van der Waals surface area contributed by atoms with E-state index in [0.29, 0.717) is 11.5 Å². The number of aliphatic hydroxyl groups excluding tert-OH is 1. The monoisotopic (exact) mass is 158 g/mol. The van der Waals surface area contributed by atoms with Gasteiger partial charge in [0, 0.05) is 13.2 Å². The fourth-order valence-electron chi connectivity index (χ4n) is 0.813. The van der Waals surface area contributed by atoms with Crippen molar-refractivity contribution in [1.29, 1.82) is 0 Å². The first-order valence-corrected chi connectivity index (χ1v) is 3.52. The van der Waals surface area contributed by atoms with Crippen LogP contribution in [-0.2, 0) is 0 Å². The summed E-state index contributed by atoms with van der Waals surface area (Å²) in [5, 5.41) is 12.0. The van der Waals surface area contributed by atoms with E-state index in [2.05, 4.69) is 11.5 Å². The average molecular weight is 159 g/mol. The molecule has 0 spiro atoms. The number of hydrogen-bond donors (Lipinski definition) is 2. The Morgan fingerprint density at radius 2 is 2.60 bits per heavy atom. The molecule has 55 valence electrons. The SMILES string of the molecule is OCCC1=CC(Cl)=[C]NC1.